The van der Waals surface area contributed by atoms with E-state index in [0.717, 1.165) is 10.9 Å². The van der Waals surface area contributed by atoms with Crippen molar-refractivity contribution in [3.63, 3.8) is 0 Å². The van der Waals surface area contributed by atoms with Gasteiger partial charge >= 0.3 is 0 Å². The third-order valence-electron chi connectivity index (χ3n) is 4.40. The van der Waals surface area contributed by atoms with Crippen molar-refractivity contribution in [2.75, 3.05) is 0 Å². The van der Waals surface area contributed by atoms with Gasteiger partial charge in [-0.25, -0.2) is 0 Å². The predicted molar refractivity (Wildman–Crippen MR) is 83.7 cm³/mol. The Morgan fingerprint density at radius 3 is 2.37 bits per heavy atom. The lowest BCUT2D eigenvalue weighted by Gasteiger charge is -2.31. The summed E-state index contributed by atoms with van der Waals surface area (Å²) >= 11 is 5.93. The Morgan fingerprint density at radius 2 is 1.79 bits per heavy atom. The van der Waals surface area contributed by atoms with Crippen molar-refractivity contribution in [2.24, 2.45) is 5.92 Å². The Kier molecular flexibility index (Phi) is 5.72. The first-order valence-electron chi connectivity index (χ1n) is 7.70. The van der Waals surface area contributed by atoms with Gasteiger partial charge in [0.2, 0.25) is 0 Å². The second kappa shape index (κ2) is 7.31. The highest BCUT2D eigenvalue weighted by Crippen LogP contribution is 2.29. The summed E-state index contributed by atoms with van der Waals surface area (Å²) in [5.41, 5.74) is 1.33. The Bertz CT molecular complexity index is 365. The van der Waals surface area contributed by atoms with Crippen LogP contribution in [0.4, 0.5) is 0 Å². The Labute approximate surface area is 122 Å². The fourth-order valence-electron chi connectivity index (χ4n) is 3.23. The molecule has 0 radical (unpaired) electrons. The minimum Gasteiger partial charge on any atom is -0.307 e. The van der Waals surface area contributed by atoms with Crippen LogP contribution >= 0.6 is 11.6 Å². The molecule has 0 aliphatic heterocycles. The molecule has 2 rings (SSSR count). The number of hydrogen-bond acceptors (Lipinski definition) is 1. The molecule has 1 atom stereocenters. The van der Waals surface area contributed by atoms with Crippen LogP contribution in [0.5, 0.6) is 0 Å². The van der Waals surface area contributed by atoms with Crippen LogP contribution < -0.4 is 5.32 Å². The SMILES string of the molecule is CCCC1CCC(N[C@H](C)c2ccc(Cl)cc2)CC1. The van der Waals surface area contributed by atoms with Gasteiger partial charge in [-0.05, 0) is 56.2 Å². The summed E-state index contributed by atoms with van der Waals surface area (Å²) in [7, 11) is 0. The van der Waals surface area contributed by atoms with Crippen molar-refractivity contribution in [3.05, 3.63) is 34.9 Å². The van der Waals surface area contributed by atoms with E-state index >= 15 is 0 Å². The van der Waals surface area contributed by atoms with Gasteiger partial charge in [-0.2, -0.15) is 0 Å². The molecule has 19 heavy (non-hydrogen) atoms. The summed E-state index contributed by atoms with van der Waals surface area (Å²) in [6.07, 6.45) is 8.23. The quantitative estimate of drug-likeness (QED) is 0.766. The monoisotopic (exact) mass is 279 g/mol. The second-order valence-electron chi connectivity index (χ2n) is 5.95. The van der Waals surface area contributed by atoms with Crippen LogP contribution in [0.25, 0.3) is 0 Å². The van der Waals surface area contributed by atoms with Crippen molar-refractivity contribution in [1.82, 2.24) is 5.32 Å². The zero-order chi connectivity index (χ0) is 13.7. The second-order valence-corrected chi connectivity index (χ2v) is 6.38. The van der Waals surface area contributed by atoms with Crippen LogP contribution in [-0.2, 0) is 0 Å². The molecule has 2 heteroatoms. The first kappa shape index (κ1) is 14.9. The smallest absolute Gasteiger partial charge is 0.0406 e. The highest BCUT2D eigenvalue weighted by atomic mass is 35.5. The van der Waals surface area contributed by atoms with Gasteiger partial charge in [-0.1, -0.05) is 43.5 Å². The van der Waals surface area contributed by atoms with E-state index in [2.05, 4.69) is 31.3 Å². The normalized spacial score (nSPS) is 25.2. The van der Waals surface area contributed by atoms with Gasteiger partial charge in [-0.3, -0.25) is 0 Å². The van der Waals surface area contributed by atoms with Gasteiger partial charge < -0.3 is 5.32 Å². The molecule has 0 saturated heterocycles. The lowest BCUT2D eigenvalue weighted by Crippen LogP contribution is -2.35. The maximum atomic E-state index is 5.93. The maximum absolute atomic E-state index is 5.93. The minimum absolute atomic E-state index is 0.421. The molecular formula is C17H26ClN. The highest BCUT2D eigenvalue weighted by Gasteiger charge is 2.21. The van der Waals surface area contributed by atoms with Crippen molar-refractivity contribution in [2.45, 2.75) is 64.5 Å². The molecule has 1 aliphatic carbocycles. The van der Waals surface area contributed by atoms with E-state index in [0.29, 0.717) is 12.1 Å². The van der Waals surface area contributed by atoms with Crippen molar-refractivity contribution in [1.29, 1.82) is 0 Å². The molecule has 1 aliphatic rings. The molecule has 0 bridgehead atoms. The third kappa shape index (κ3) is 4.50. The first-order valence-corrected chi connectivity index (χ1v) is 8.08. The van der Waals surface area contributed by atoms with E-state index in [4.69, 9.17) is 11.6 Å². The van der Waals surface area contributed by atoms with Gasteiger partial charge in [0.05, 0.1) is 0 Å². The van der Waals surface area contributed by atoms with Crippen molar-refractivity contribution in [3.8, 4) is 0 Å². The molecule has 1 aromatic rings. The first-order chi connectivity index (χ1) is 9.19. The van der Waals surface area contributed by atoms with Gasteiger partial charge in [0.15, 0.2) is 0 Å². The lowest BCUT2D eigenvalue weighted by atomic mass is 9.83. The molecule has 1 fully saturated rings. The average molecular weight is 280 g/mol. The zero-order valence-electron chi connectivity index (χ0n) is 12.2. The molecule has 0 aromatic heterocycles. The Morgan fingerprint density at radius 1 is 1.16 bits per heavy atom. The van der Waals surface area contributed by atoms with Crippen molar-refractivity contribution < 1.29 is 0 Å². The molecule has 0 unspecified atom stereocenters. The lowest BCUT2D eigenvalue weighted by molar-refractivity contribution is 0.266. The zero-order valence-corrected chi connectivity index (χ0v) is 12.9. The van der Waals surface area contributed by atoms with Crippen LogP contribution in [0.2, 0.25) is 5.02 Å². The molecule has 1 aromatic carbocycles. The molecule has 1 N–H and O–H groups in total. The number of nitrogens with one attached hydrogen (secondary N) is 1. The van der Waals surface area contributed by atoms with Crippen LogP contribution in [0.1, 0.15) is 64.0 Å². The fourth-order valence-corrected chi connectivity index (χ4v) is 3.35. The largest absolute Gasteiger partial charge is 0.307 e. The van der Waals surface area contributed by atoms with Crippen molar-refractivity contribution >= 4 is 11.6 Å². The molecular weight excluding hydrogens is 254 g/mol. The molecule has 106 valence electrons. The summed E-state index contributed by atoms with van der Waals surface area (Å²) in [4.78, 5) is 0. The molecule has 0 amide bonds. The summed E-state index contributed by atoms with van der Waals surface area (Å²) in [5, 5.41) is 4.59. The van der Waals surface area contributed by atoms with Crippen LogP contribution in [0.15, 0.2) is 24.3 Å². The maximum Gasteiger partial charge on any atom is 0.0406 e. The van der Waals surface area contributed by atoms with Gasteiger partial charge in [0, 0.05) is 17.1 Å². The summed E-state index contributed by atoms with van der Waals surface area (Å²) in [6.45, 7) is 4.55. The predicted octanol–water partition coefficient (Wildman–Crippen LogP) is 5.35. The van der Waals surface area contributed by atoms with E-state index in [1.807, 2.05) is 12.1 Å². The Hall–Kier alpha value is -0.530. The van der Waals surface area contributed by atoms with Crippen LogP contribution in [0.3, 0.4) is 0 Å². The van der Waals surface area contributed by atoms with E-state index in [-0.39, 0.29) is 0 Å². The standard InChI is InChI=1S/C17H26ClN/c1-3-4-14-5-11-17(12-6-14)19-13(2)15-7-9-16(18)10-8-15/h7-10,13-14,17,19H,3-6,11-12H2,1-2H3/t13-,14?,17?/m1/s1. The summed E-state index contributed by atoms with van der Waals surface area (Å²) in [6, 6.07) is 9.33. The van der Waals surface area contributed by atoms with Gasteiger partial charge in [-0.15, -0.1) is 0 Å². The highest BCUT2D eigenvalue weighted by molar-refractivity contribution is 6.30. The van der Waals surface area contributed by atoms with Gasteiger partial charge in [0.1, 0.15) is 0 Å². The molecule has 0 spiro atoms. The van der Waals surface area contributed by atoms with E-state index in [1.165, 1.54) is 44.1 Å². The van der Waals surface area contributed by atoms with E-state index < -0.39 is 0 Å². The Balaban J connectivity index is 1.80. The molecule has 1 nitrogen and oxygen atoms in total. The summed E-state index contributed by atoms with van der Waals surface area (Å²) in [5.74, 6) is 0.980. The third-order valence-corrected chi connectivity index (χ3v) is 4.65. The van der Waals surface area contributed by atoms with E-state index in [9.17, 15) is 0 Å². The van der Waals surface area contributed by atoms with Crippen LogP contribution in [0, 0.1) is 5.92 Å². The average Bonchev–Trinajstić information content (AvgIpc) is 2.42. The number of hydrogen-bond donors (Lipinski definition) is 1. The number of rotatable bonds is 5. The van der Waals surface area contributed by atoms with E-state index in [1.54, 1.807) is 0 Å². The number of benzene rings is 1. The fraction of sp³-hybridized carbons (Fsp3) is 0.647. The summed E-state index contributed by atoms with van der Waals surface area (Å²) < 4.78 is 0. The van der Waals surface area contributed by atoms with Crippen LogP contribution in [-0.4, -0.2) is 6.04 Å². The topological polar surface area (TPSA) is 12.0 Å². The molecule has 1 saturated carbocycles. The number of halogens is 1. The minimum atomic E-state index is 0.421. The molecule has 0 heterocycles. The van der Waals surface area contributed by atoms with Gasteiger partial charge in [0.25, 0.3) is 0 Å².